The van der Waals surface area contributed by atoms with E-state index in [1.54, 1.807) is 6.08 Å². The molecular formula is C12H16N2O2. The van der Waals surface area contributed by atoms with E-state index in [0.717, 1.165) is 25.8 Å². The predicted octanol–water partition coefficient (Wildman–Crippen LogP) is 1.54. The van der Waals surface area contributed by atoms with Crippen LogP contribution in [-0.4, -0.2) is 24.0 Å². The number of carbonyl (C=O) groups is 1. The molecule has 0 bridgehead atoms. The van der Waals surface area contributed by atoms with E-state index in [4.69, 9.17) is 10.1 Å². The minimum Gasteiger partial charge on any atom is -0.439 e. The van der Waals surface area contributed by atoms with Crippen molar-refractivity contribution in [2.24, 2.45) is 0 Å². The number of allylic oxidation sites excluding steroid dienone is 2. The average Bonchev–Trinajstić information content (AvgIpc) is 2.34. The van der Waals surface area contributed by atoms with Gasteiger partial charge < -0.3 is 4.74 Å². The standard InChI is InChI=1S/C12H16N2O2/c13-10-6-2-1-3-7-12(16-11(10)15)8-4-5-9-14-12/h1-3,6,13-14H,4-5,7-9H2/b3-1-,6-2-,13-10?/t12-/m0/s1. The summed E-state index contributed by atoms with van der Waals surface area (Å²) in [5.41, 5.74) is -0.692. The number of nitrogens with one attached hydrogen (secondary N) is 2. The first-order chi connectivity index (χ1) is 7.72. The molecule has 1 fully saturated rings. The molecule has 1 saturated heterocycles. The fraction of sp³-hybridized carbons (Fsp3) is 0.500. The van der Waals surface area contributed by atoms with Crippen molar-refractivity contribution < 1.29 is 9.53 Å². The topological polar surface area (TPSA) is 62.2 Å². The second-order valence-electron chi connectivity index (χ2n) is 4.17. The molecule has 2 aliphatic heterocycles. The number of hydrogen-bond donors (Lipinski definition) is 2. The summed E-state index contributed by atoms with van der Waals surface area (Å²) >= 11 is 0. The highest BCUT2D eigenvalue weighted by Crippen LogP contribution is 2.25. The van der Waals surface area contributed by atoms with Gasteiger partial charge in [-0.2, -0.15) is 0 Å². The summed E-state index contributed by atoms with van der Waals surface area (Å²) in [5, 5.41) is 10.8. The maximum Gasteiger partial charge on any atom is 0.357 e. The Balaban J connectivity index is 2.19. The molecule has 0 aromatic rings. The van der Waals surface area contributed by atoms with E-state index in [1.807, 2.05) is 12.2 Å². The Morgan fingerprint density at radius 3 is 3.00 bits per heavy atom. The molecule has 0 aromatic carbocycles. The number of ether oxygens (including phenoxy) is 1. The summed E-state index contributed by atoms with van der Waals surface area (Å²) in [4.78, 5) is 11.6. The van der Waals surface area contributed by atoms with Crippen LogP contribution in [0.4, 0.5) is 0 Å². The number of carbonyl (C=O) groups excluding carboxylic acids is 1. The monoisotopic (exact) mass is 220 g/mol. The van der Waals surface area contributed by atoms with Crippen molar-refractivity contribution in [2.75, 3.05) is 6.54 Å². The lowest BCUT2D eigenvalue weighted by molar-refractivity contribution is -0.157. The zero-order chi connectivity index (χ0) is 11.4. The van der Waals surface area contributed by atoms with Crippen molar-refractivity contribution in [1.82, 2.24) is 5.32 Å². The predicted molar refractivity (Wildman–Crippen MR) is 61.3 cm³/mol. The molecule has 4 nitrogen and oxygen atoms in total. The van der Waals surface area contributed by atoms with Gasteiger partial charge in [0.25, 0.3) is 0 Å². The molecule has 16 heavy (non-hydrogen) atoms. The molecule has 0 aromatic heterocycles. The van der Waals surface area contributed by atoms with Crippen molar-refractivity contribution in [3.05, 3.63) is 24.3 Å². The largest absolute Gasteiger partial charge is 0.439 e. The highest BCUT2D eigenvalue weighted by molar-refractivity contribution is 6.39. The third-order valence-corrected chi connectivity index (χ3v) is 2.92. The molecule has 4 heteroatoms. The van der Waals surface area contributed by atoms with E-state index in [2.05, 4.69) is 5.32 Å². The van der Waals surface area contributed by atoms with E-state index in [1.165, 1.54) is 6.08 Å². The van der Waals surface area contributed by atoms with Gasteiger partial charge in [-0.3, -0.25) is 10.7 Å². The Kier molecular flexibility index (Phi) is 3.19. The lowest BCUT2D eigenvalue weighted by Crippen LogP contribution is -2.52. The van der Waals surface area contributed by atoms with Gasteiger partial charge in [0.05, 0.1) is 0 Å². The Morgan fingerprint density at radius 1 is 1.38 bits per heavy atom. The van der Waals surface area contributed by atoms with Crippen LogP contribution in [-0.2, 0) is 9.53 Å². The van der Waals surface area contributed by atoms with Gasteiger partial charge in [-0.05, 0) is 25.5 Å². The van der Waals surface area contributed by atoms with Gasteiger partial charge in [-0.1, -0.05) is 18.2 Å². The zero-order valence-electron chi connectivity index (χ0n) is 9.16. The van der Waals surface area contributed by atoms with Crippen LogP contribution in [0.25, 0.3) is 0 Å². The molecule has 2 heterocycles. The zero-order valence-corrected chi connectivity index (χ0v) is 9.16. The van der Waals surface area contributed by atoms with Crippen LogP contribution in [0, 0.1) is 5.41 Å². The number of hydrogen-bond acceptors (Lipinski definition) is 4. The van der Waals surface area contributed by atoms with Crippen molar-refractivity contribution >= 4 is 11.7 Å². The summed E-state index contributed by atoms with van der Waals surface area (Å²) in [6, 6.07) is 0. The summed E-state index contributed by atoms with van der Waals surface area (Å²) in [5.74, 6) is -0.547. The summed E-state index contributed by atoms with van der Waals surface area (Å²) < 4.78 is 5.43. The van der Waals surface area contributed by atoms with Crippen LogP contribution in [0.5, 0.6) is 0 Å². The van der Waals surface area contributed by atoms with Crippen LogP contribution in [0.3, 0.4) is 0 Å². The first-order valence-electron chi connectivity index (χ1n) is 5.62. The van der Waals surface area contributed by atoms with E-state index in [9.17, 15) is 4.79 Å². The van der Waals surface area contributed by atoms with Crippen molar-refractivity contribution in [3.63, 3.8) is 0 Å². The molecule has 0 unspecified atom stereocenters. The van der Waals surface area contributed by atoms with Crippen LogP contribution in [0.2, 0.25) is 0 Å². The van der Waals surface area contributed by atoms with Crippen LogP contribution in [0.15, 0.2) is 24.3 Å². The average molecular weight is 220 g/mol. The summed E-state index contributed by atoms with van der Waals surface area (Å²) in [6.45, 7) is 0.863. The molecule has 1 atom stereocenters. The molecule has 86 valence electrons. The first-order valence-corrected chi connectivity index (χ1v) is 5.62. The van der Waals surface area contributed by atoms with Crippen LogP contribution >= 0.6 is 0 Å². The third-order valence-electron chi connectivity index (χ3n) is 2.92. The normalized spacial score (nSPS) is 34.8. The fourth-order valence-corrected chi connectivity index (χ4v) is 2.03. The molecule has 0 aliphatic carbocycles. The van der Waals surface area contributed by atoms with Crippen LogP contribution in [0.1, 0.15) is 25.7 Å². The van der Waals surface area contributed by atoms with Gasteiger partial charge in [-0.15, -0.1) is 0 Å². The Morgan fingerprint density at radius 2 is 2.25 bits per heavy atom. The van der Waals surface area contributed by atoms with Gasteiger partial charge in [0.15, 0.2) is 5.72 Å². The van der Waals surface area contributed by atoms with E-state index >= 15 is 0 Å². The smallest absolute Gasteiger partial charge is 0.357 e. The molecule has 1 spiro atoms. The summed E-state index contributed by atoms with van der Waals surface area (Å²) in [6.07, 6.45) is 10.6. The Hall–Kier alpha value is -1.42. The lowest BCUT2D eigenvalue weighted by atomic mass is 9.97. The maximum atomic E-state index is 11.6. The maximum absolute atomic E-state index is 11.6. The van der Waals surface area contributed by atoms with E-state index in [-0.39, 0.29) is 5.71 Å². The third kappa shape index (κ3) is 2.39. The second kappa shape index (κ2) is 4.61. The molecule has 0 amide bonds. The Bertz CT molecular complexity index is 352. The SMILES string of the molecule is N=C1/C=C\C=C/C[C@@]2(CCCCN2)OC1=O. The molecule has 0 saturated carbocycles. The van der Waals surface area contributed by atoms with Crippen molar-refractivity contribution in [2.45, 2.75) is 31.4 Å². The minimum absolute atomic E-state index is 0.0988. The summed E-state index contributed by atoms with van der Waals surface area (Å²) in [7, 11) is 0. The lowest BCUT2D eigenvalue weighted by Gasteiger charge is -2.36. The van der Waals surface area contributed by atoms with Gasteiger partial charge in [0.2, 0.25) is 0 Å². The van der Waals surface area contributed by atoms with E-state index < -0.39 is 11.7 Å². The van der Waals surface area contributed by atoms with Gasteiger partial charge in [-0.25, -0.2) is 4.79 Å². The van der Waals surface area contributed by atoms with E-state index in [0.29, 0.717) is 6.42 Å². The highest BCUT2D eigenvalue weighted by atomic mass is 16.6. The first kappa shape index (κ1) is 11.1. The fourth-order valence-electron chi connectivity index (χ4n) is 2.03. The van der Waals surface area contributed by atoms with Crippen molar-refractivity contribution in [3.8, 4) is 0 Å². The Labute approximate surface area is 94.9 Å². The number of esters is 1. The molecule has 2 rings (SSSR count). The molecular weight excluding hydrogens is 204 g/mol. The number of piperidine rings is 1. The second-order valence-corrected chi connectivity index (χ2v) is 4.17. The quantitative estimate of drug-likeness (QED) is 0.609. The molecule has 2 N–H and O–H groups in total. The van der Waals surface area contributed by atoms with Gasteiger partial charge >= 0.3 is 5.97 Å². The van der Waals surface area contributed by atoms with Gasteiger partial charge in [0, 0.05) is 12.8 Å². The minimum atomic E-state index is -0.593. The highest BCUT2D eigenvalue weighted by Gasteiger charge is 2.35. The van der Waals surface area contributed by atoms with Crippen LogP contribution < -0.4 is 5.32 Å². The molecule has 2 aliphatic rings. The molecule has 0 radical (unpaired) electrons. The van der Waals surface area contributed by atoms with Crippen molar-refractivity contribution in [1.29, 1.82) is 5.41 Å². The number of rotatable bonds is 0. The van der Waals surface area contributed by atoms with Gasteiger partial charge in [0.1, 0.15) is 5.71 Å².